The number of benzene rings is 1. The molecule has 0 spiro atoms. The van der Waals surface area contributed by atoms with Gasteiger partial charge in [0.1, 0.15) is 17.2 Å². The summed E-state index contributed by atoms with van der Waals surface area (Å²) in [6.07, 6.45) is -3.26. The molecule has 9 heteroatoms. The minimum Gasteiger partial charge on any atom is -0.361 e. The highest BCUT2D eigenvalue weighted by atomic mass is 19.4. The maximum Gasteiger partial charge on any atom is 0.419 e. The number of hydrogen-bond acceptors (Lipinski definition) is 4. The number of fused-ring (bicyclic) bond motifs is 1. The van der Waals surface area contributed by atoms with E-state index in [0.717, 1.165) is 12.1 Å². The number of rotatable bonds is 3. The normalized spacial score (nSPS) is 13.8. The van der Waals surface area contributed by atoms with Gasteiger partial charge in [0.2, 0.25) is 0 Å². The van der Waals surface area contributed by atoms with Crippen LogP contribution in [0.5, 0.6) is 0 Å². The van der Waals surface area contributed by atoms with Crippen molar-refractivity contribution in [2.45, 2.75) is 39.9 Å². The lowest BCUT2D eigenvalue weighted by Crippen LogP contribution is -2.27. The van der Waals surface area contributed by atoms with Crippen LogP contribution in [0.2, 0.25) is 0 Å². The van der Waals surface area contributed by atoms with E-state index in [0.29, 0.717) is 28.4 Å². The number of nitrogens with zero attached hydrogens (tertiary/aromatic N) is 3. The fourth-order valence-electron chi connectivity index (χ4n) is 2.93. The van der Waals surface area contributed by atoms with E-state index in [1.165, 1.54) is 12.4 Å². The molecule has 3 rings (SSSR count). The van der Waals surface area contributed by atoms with Crippen molar-refractivity contribution in [1.29, 1.82) is 0 Å². The number of halogens is 4. The van der Waals surface area contributed by atoms with Crippen LogP contribution < -0.4 is 5.32 Å². The zero-order chi connectivity index (χ0) is 20.0. The SMILES string of the molecule is Cc1nc(N[C@@H](c2ccc(C(F)(F)F)c(F)c2)C(C)(C)C)c2nc[nH]c2n1. The van der Waals surface area contributed by atoms with E-state index in [2.05, 4.69) is 25.3 Å². The van der Waals surface area contributed by atoms with Gasteiger partial charge < -0.3 is 10.3 Å². The van der Waals surface area contributed by atoms with Crippen molar-refractivity contribution in [2.24, 2.45) is 5.41 Å². The predicted octanol–water partition coefficient (Wildman–Crippen LogP) is 5.02. The van der Waals surface area contributed by atoms with Crippen LogP contribution in [-0.4, -0.2) is 19.9 Å². The molecule has 27 heavy (non-hydrogen) atoms. The minimum atomic E-state index is -4.74. The lowest BCUT2D eigenvalue weighted by atomic mass is 9.82. The van der Waals surface area contributed by atoms with Gasteiger partial charge in [-0.3, -0.25) is 0 Å². The van der Waals surface area contributed by atoms with E-state index in [4.69, 9.17) is 0 Å². The number of hydrogen-bond donors (Lipinski definition) is 2. The molecule has 0 aliphatic rings. The largest absolute Gasteiger partial charge is 0.419 e. The molecule has 0 saturated carbocycles. The van der Waals surface area contributed by atoms with Crippen LogP contribution in [0.15, 0.2) is 24.5 Å². The highest BCUT2D eigenvalue weighted by Gasteiger charge is 2.35. The van der Waals surface area contributed by atoms with Gasteiger partial charge in [0.25, 0.3) is 0 Å². The van der Waals surface area contributed by atoms with E-state index >= 15 is 0 Å². The Bertz CT molecular complexity index is 972. The molecule has 5 nitrogen and oxygen atoms in total. The molecule has 1 atom stereocenters. The first-order valence-electron chi connectivity index (χ1n) is 8.27. The first-order valence-corrected chi connectivity index (χ1v) is 8.27. The van der Waals surface area contributed by atoms with Crippen molar-refractivity contribution in [3.8, 4) is 0 Å². The standard InChI is InChI=1S/C18H19F4N5/c1-9-25-15-13(23-8-24-15)16(26-9)27-14(17(2,3)4)10-5-6-11(12(19)7-10)18(20,21)22/h5-8,14H,1-4H3,(H2,23,24,25,26,27)/t14-/m0/s1. The quantitative estimate of drug-likeness (QED) is 0.626. The first kappa shape index (κ1) is 19.1. The van der Waals surface area contributed by atoms with Gasteiger partial charge in [-0.05, 0) is 30.0 Å². The zero-order valence-electron chi connectivity index (χ0n) is 15.2. The molecule has 0 fully saturated rings. The van der Waals surface area contributed by atoms with Crippen LogP contribution in [0.4, 0.5) is 23.4 Å². The number of aromatic nitrogens is 4. The van der Waals surface area contributed by atoms with Crippen LogP contribution in [0.25, 0.3) is 11.2 Å². The summed E-state index contributed by atoms with van der Waals surface area (Å²) in [6, 6.07) is 2.45. The van der Waals surface area contributed by atoms with E-state index in [9.17, 15) is 17.6 Å². The first-order chi connectivity index (χ1) is 12.5. The van der Waals surface area contributed by atoms with Gasteiger partial charge >= 0.3 is 6.18 Å². The molecule has 0 unspecified atom stereocenters. The Kier molecular flexibility index (Phi) is 4.57. The molecular formula is C18H19F4N5. The molecule has 0 radical (unpaired) electrons. The lowest BCUT2D eigenvalue weighted by molar-refractivity contribution is -0.140. The second kappa shape index (κ2) is 6.47. The molecule has 0 aliphatic heterocycles. The summed E-state index contributed by atoms with van der Waals surface area (Å²) in [5.74, 6) is -0.376. The van der Waals surface area contributed by atoms with Gasteiger partial charge in [-0.15, -0.1) is 0 Å². The third-order valence-corrected chi connectivity index (χ3v) is 4.17. The van der Waals surface area contributed by atoms with E-state index < -0.39 is 29.0 Å². The molecule has 2 heterocycles. The summed E-state index contributed by atoms with van der Waals surface area (Å²) < 4.78 is 52.7. The van der Waals surface area contributed by atoms with Crippen molar-refractivity contribution < 1.29 is 17.6 Å². The number of nitrogens with one attached hydrogen (secondary N) is 2. The van der Waals surface area contributed by atoms with Crippen LogP contribution in [0.1, 0.15) is 43.8 Å². The summed E-state index contributed by atoms with van der Waals surface area (Å²) in [7, 11) is 0. The van der Waals surface area contributed by atoms with Crippen LogP contribution in [0.3, 0.4) is 0 Å². The average Bonchev–Trinajstić information content (AvgIpc) is 2.98. The van der Waals surface area contributed by atoms with Crippen LogP contribution >= 0.6 is 0 Å². The molecule has 144 valence electrons. The highest BCUT2D eigenvalue weighted by Crippen LogP contribution is 2.39. The highest BCUT2D eigenvalue weighted by molar-refractivity contribution is 5.82. The second-order valence-electron chi connectivity index (χ2n) is 7.40. The molecule has 0 amide bonds. The number of H-pyrrole nitrogens is 1. The number of aryl methyl sites for hydroxylation is 1. The molecule has 3 aromatic rings. The van der Waals surface area contributed by atoms with Gasteiger partial charge in [0.15, 0.2) is 11.5 Å². The monoisotopic (exact) mass is 381 g/mol. The topological polar surface area (TPSA) is 66.5 Å². The molecule has 0 aliphatic carbocycles. The summed E-state index contributed by atoms with van der Waals surface area (Å²) in [6.45, 7) is 7.41. The molecular weight excluding hydrogens is 362 g/mol. The second-order valence-corrected chi connectivity index (χ2v) is 7.40. The van der Waals surface area contributed by atoms with Crippen molar-refractivity contribution in [1.82, 2.24) is 19.9 Å². The van der Waals surface area contributed by atoms with Crippen LogP contribution in [-0.2, 0) is 6.18 Å². The third-order valence-electron chi connectivity index (χ3n) is 4.17. The fraction of sp³-hybridized carbons (Fsp3) is 0.389. The molecule has 2 aromatic heterocycles. The summed E-state index contributed by atoms with van der Waals surface area (Å²) >= 11 is 0. The van der Waals surface area contributed by atoms with Crippen molar-refractivity contribution >= 4 is 17.0 Å². The van der Waals surface area contributed by atoms with Gasteiger partial charge in [0.05, 0.1) is 17.9 Å². The van der Waals surface area contributed by atoms with Crippen molar-refractivity contribution in [3.63, 3.8) is 0 Å². The van der Waals surface area contributed by atoms with Crippen molar-refractivity contribution in [2.75, 3.05) is 5.32 Å². The number of aromatic amines is 1. The average molecular weight is 381 g/mol. The summed E-state index contributed by atoms with van der Waals surface area (Å²) in [5.41, 5.74) is -0.314. The number of anilines is 1. The Morgan fingerprint density at radius 1 is 1.11 bits per heavy atom. The van der Waals surface area contributed by atoms with Gasteiger partial charge in [-0.1, -0.05) is 26.8 Å². The fourth-order valence-corrected chi connectivity index (χ4v) is 2.93. The summed E-state index contributed by atoms with van der Waals surface area (Å²) in [5, 5.41) is 3.21. The Hall–Kier alpha value is -2.71. The van der Waals surface area contributed by atoms with E-state index in [1.807, 2.05) is 20.8 Å². The molecule has 1 aromatic carbocycles. The molecule has 0 saturated heterocycles. The zero-order valence-corrected chi connectivity index (χ0v) is 15.2. The molecule has 2 N–H and O–H groups in total. The van der Waals surface area contributed by atoms with E-state index in [1.54, 1.807) is 6.92 Å². The van der Waals surface area contributed by atoms with Gasteiger partial charge in [-0.25, -0.2) is 19.3 Å². The minimum absolute atomic E-state index is 0.382. The van der Waals surface area contributed by atoms with Crippen molar-refractivity contribution in [3.05, 3.63) is 47.3 Å². The summed E-state index contributed by atoms with van der Waals surface area (Å²) in [4.78, 5) is 15.7. The lowest BCUT2D eigenvalue weighted by Gasteiger charge is -2.32. The number of imidazole rings is 1. The Balaban J connectivity index is 2.05. The van der Waals surface area contributed by atoms with E-state index in [-0.39, 0.29) is 0 Å². The Labute approximate surface area is 153 Å². The van der Waals surface area contributed by atoms with Gasteiger partial charge in [-0.2, -0.15) is 13.2 Å². The third kappa shape index (κ3) is 3.86. The van der Waals surface area contributed by atoms with Crippen LogP contribution in [0, 0.1) is 18.2 Å². The smallest absolute Gasteiger partial charge is 0.361 e. The Morgan fingerprint density at radius 3 is 2.41 bits per heavy atom. The molecule has 0 bridgehead atoms. The van der Waals surface area contributed by atoms with Gasteiger partial charge in [0, 0.05) is 0 Å². The predicted molar refractivity (Wildman–Crippen MR) is 93.6 cm³/mol. The number of alkyl halides is 3. The Morgan fingerprint density at radius 2 is 1.81 bits per heavy atom. The maximum absolute atomic E-state index is 14.1. The maximum atomic E-state index is 14.1.